The monoisotopic (exact) mass is 316 g/mol. The SMILES string of the molecule is CC[C@@H](CO)NC(=O)c1cc2cc(Br)sc2[nH]1. The van der Waals surface area contributed by atoms with Crippen LogP contribution >= 0.6 is 27.3 Å². The summed E-state index contributed by atoms with van der Waals surface area (Å²) in [5.74, 6) is -0.176. The molecule has 0 aromatic carbocycles. The predicted octanol–water partition coefficient (Wildman–Crippen LogP) is 2.49. The van der Waals surface area contributed by atoms with Crippen molar-refractivity contribution < 1.29 is 9.90 Å². The van der Waals surface area contributed by atoms with E-state index in [2.05, 4.69) is 26.2 Å². The first kappa shape index (κ1) is 12.6. The van der Waals surface area contributed by atoms with Gasteiger partial charge < -0.3 is 15.4 Å². The van der Waals surface area contributed by atoms with Gasteiger partial charge in [-0.2, -0.15) is 0 Å². The van der Waals surface area contributed by atoms with Crippen molar-refractivity contribution >= 4 is 43.4 Å². The Labute approximate surface area is 111 Å². The number of aliphatic hydroxyl groups is 1. The second-order valence-electron chi connectivity index (χ2n) is 3.78. The van der Waals surface area contributed by atoms with E-state index < -0.39 is 0 Å². The first-order valence-electron chi connectivity index (χ1n) is 5.33. The van der Waals surface area contributed by atoms with E-state index in [1.54, 1.807) is 11.3 Å². The molecule has 0 aliphatic rings. The third kappa shape index (κ3) is 2.70. The lowest BCUT2D eigenvalue weighted by Gasteiger charge is -2.12. The smallest absolute Gasteiger partial charge is 0.268 e. The number of aromatic nitrogens is 1. The highest BCUT2D eigenvalue weighted by Gasteiger charge is 2.14. The zero-order valence-electron chi connectivity index (χ0n) is 9.29. The van der Waals surface area contributed by atoms with Gasteiger partial charge in [0.15, 0.2) is 0 Å². The molecule has 17 heavy (non-hydrogen) atoms. The number of thiophene rings is 1. The highest BCUT2D eigenvalue weighted by atomic mass is 79.9. The van der Waals surface area contributed by atoms with Crippen LogP contribution in [0, 0.1) is 0 Å². The van der Waals surface area contributed by atoms with Crippen LogP contribution in [0.2, 0.25) is 0 Å². The number of fused-ring (bicyclic) bond motifs is 1. The molecule has 2 heterocycles. The summed E-state index contributed by atoms with van der Waals surface area (Å²) in [5, 5.41) is 12.8. The average molecular weight is 317 g/mol. The number of hydrogen-bond acceptors (Lipinski definition) is 3. The van der Waals surface area contributed by atoms with Crippen LogP contribution in [-0.2, 0) is 0 Å². The third-order valence-electron chi connectivity index (χ3n) is 2.57. The molecule has 0 saturated heterocycles. The molecule has 0 saturated carbocycles. The van der Waals surface area contributed by atoms with Gasteiger partial charge in [0.1, 0.15) is 10.5 Å². The molecule has 0 aliphatic heterocycles. The number of halogens is 1. The van der Waals surface area contributed by atoms with Crippen molar-refractivity contribution in [1.29, 1.82) is 0 Å². The maximum atomic E-state index is 11.9. The van der Waals surface area contributed by atoms with E-state index in [-0.39, 0.29) is 18.6 Å². The van der Waals surface area contributed by atoms with Gasteiger partial charge in [-0.05, 0) is 34.5 Å². The Hall–Kier alpha value is -0.850. The Morgan fingerprint density at radius 2 is 2.41 bits per heavy atom. The second-order valence-corrected chi connectivity index (χ2v) is 6.21. The number of carbonyl (C=O) groups is 1. The molecule has 92 valence electrons. The summed E-state index contributed by atoms with van der Waals surface area (Å²) >= 11 is 4.95. The van der Waals surface area contributed by atoms with Crippen molar-refractivity contribution in [3.63, 3.8) is 0 Å². The Morgan fingerprint density at radius 1 is 1.65 bits per heavy atom. The molecule has 0 spiro atoms. The van der Waals surface area contributed by atoms with E-state index in [1.165, 1.54) is 0 Å². The molecule has 3 N–H and O–H groups in total. The summed E-state index contributed by atoms with van der Waals surface area (Å²) in [6, 6.07) is 3.60. The highest BCUT2D eigenvalue weighted by Crippen LogP contribution is 2.29. The standard InChI is InChI=1S/C11H13BrN2O2S/c1-2-7(5-15)13-10(16)8-3-6-4-9(12)17-11(6)14-8/h3-4,7,14-15H,2,5H2,1H3,(H,13,16)/t7-/m0/s1. The van der Waals surface area contributed by atoms with Crippen molar-refractivity contribution in [3.8, 4) is 0 Å². The molecule has 1 amide bonds. The molecule has 0 radical (unpaired) electrons. The number of carbonyl (C=O) groups excluding carboxylic acids is 1. The highest BCUT2D eigenvalue weighted by molar-refractivity contribution is 9.11. The van der Waals surface area contributed by atoms with E-state index in [9.17, 15) is 4.79 Å². The van der Waals surface area contributed by atoms with Crippen molar-refractivity contribution in [1.82, 2.24) is 10.3 Å². The molecule has 0 aliphatic carbocycles. The second kappa shape index (κ2) is 5.20. The predicted molar refractivity (Wildman–Crippen MR) is 72.5 cm³/mol. The Kier molecular flexibility index (Phi) is 3.86. The Balaban J connectivity index is 2.16. The van der Waals surface area contributed by atoms with Gasteiger partial charge >= 0.3 is 0 Å². The van der Waals surface area contributed by atoms with Crippen LogP contribution in [0.25, 0.3) is 10.2 Å². The maximum Gasteiger partial charge on any atom is 0.268 e. The van der Waals surface area contributed by atoms with Crippen LogP contribution in [0.4, 0.5) is 0 Å². The fourth-order valence-corrected chi connectivity index (χ4v) is 3.06. The van der Waals surface area contributed by atoms with E-state index in [0.717, 1.165) is 14.0 Å². The molecule has 4 nitrogen and oxygen atoms in total. The molecule has 0 unspecified atom stereocenters. The van der Waals surface area contributed by atoms with Gasteiger partial charge in [0.25, 0.3) is 5.91 Å². The average Bonchev–Trinajstić information content (AvgIpc) is 2.82. The zero-order valence-corrected chi connectivity index (χ0v) is 11.7. The van der Waals surface area contributed by atoms with Gasteiger partial charge in [-0.1, -0.05) is 6.92 Å². The first-order valence-corrected chi connectivity index (χ1v) is 6.94. The summed E-state index contributed by atoms with van der Waals surface area (Å²) < 4.78 is 1.03. The summed E-state index contributed by atoms with van der Waals surface area (Å²) in [4.78, 5) is 15.9. The van der Waals surface area contributed by atoms with Gasteiger partial charge in [0.05, 0.1) is 16.4 Å². The van der Waals surface area contributed by atoms with Crippen molar-refractivity contribution in [3.05, 3.63) is 21.6 Å². The lowest BCUT2D eigenvalue weighted by atomic mass is 10.2. The van der Waals surface area contributed by atoms with Gasteiger partial charge in [-0.15, -0.1) is 11.3 Å². The van der Waals surface area contributed by atoms with Crippen molar-refractivity contribution in [2.75, 3.05) is 6.61 Å². The van der Waals surface area contributed by atoms with Gasteiger partial charge in [0, 0.05) is 5.39 Å². The molecule has 2 aromatic heterocycles. The summed E-state index contributed by atoms with van der Waals surface area (Å²) in [7, 11) is 0. The van der Waals surface area contributed by atoms with E-state index >= 15 is 0 Å². The largest absolute Gasteiger partial charge is 0.394 e. The van der Waals surface area contributed by atoms with Gasteiger partial charge in [-0.3, -0.25) is 4.79 Å². The number of hydrogen-bond donors (Lipinski definition) is 3. The quantitative estimate of drug-likeness (QED) is 0.811. The number of aromatic amines is 1. The Bertz CT molecular complexity index is 499. The summed E-state index contributed by atoms with van der Waals surface area (Å²) in [5.41, 5.74) is 0.533. The normalized spacial score (nSPS) is 12.9. The minimum atomic E-state index is -0.185. The molecule has 6 heteroatoms. The topological polar surface area (TPSA) is 65.1 Å². The van der Waals surface area contributed by atoms with Crippen LogP contribution in [0.5, 0.6) is 0 Å². The first-order chi connectivity index (χ1) is 8.13. The van der Waals surface area contributed by atoms with Crippen LogP contribution in [-0.4, -0.2) is 28.6 Å². The van der Waals surface area contributed by atoms with Crippen LogP contribution in [0.15, 0.2) is 15.9 Å². The van der Waals surface area contributed by atoms with Crippen molar-refractivity contribution in [2.45, 2.75) is 19.4 Å². The van der Waals surface area contributed by atoms with Crippen LogP contribution in [0.3, 0.4) is 0 Å². The number of nitrogens with one attached hydrogen (secondary N) is 2. The Morgan fingerprint density at radius 3 is 3.00 bits per heavy atom. The molecular weight excluding hydrogens is 304 g/mol. The van der Waals surface area contributed by atoms with Gasteiger partial charge in [0.2, 0.25) is 0 Å². The number of rotatable bonds is 4. The molecule has 1 atom stereocenters. The molecule has 2 aromatic rings. The van der Waals surface area contributed by atoms with E-state index in [0.29, 0.717) is 12.1 Å². The lowest BCUT2D eigenvalue weighted by Crippen LogP contribution is -2.37. The van der Waals surface area contributed by atoms with Gasteiger partial charge in [-0.25, -0.2) is 0 Å². The minimum Gasteiger partial charge on any atom is -0.394 e. The minimum absolute atomic E-state index is 0.0388. The van der Waals surface area contributed by atoms with E-state index in [4.69, 9.17) is 5.11 Å². The lowest BCUT2D eigenvalue weighted by molar-refractivity contribution is 0.0911. The fraction of sp³-hybridized carbons (Fsp3) is 0.364. The third-order valence-corrected chi connectivity index (χ3v) is 4.14. The summed E-state index contributed by atoms with van der Waals surface area (Å²) in [6.07, 6.45) is 0.711. The molecule has 0 fully saturated rings. The molecular formula is C11H13BrN2O2S. The molecule has 2 rings (SSSR count). The van der Waals surface area contributed by atoms with E-state index in [1.807, 2.05) is 19.1 Å². The zero-order chi connectivity index (χ0) is 12.4. The van der Waals surface area contributed by atoms with Crippen LogP contribution in [0.1, 0.15) is 23.8 Å². The number of amides is 1. The van der Waals surface area contributed by atoms with Crippen molar-refractivity contribution in [2.24, 2.45) is 0 Å². The fourth-order valence-electron chi connectivity index (χ4n) is 1.55. The summed E-state index contributed by atoms with van der Waals surface area (Å²) in [6.45, 7) is 1.88. The number of aliphatic hydroxyl groups excluding tert-OH is 1. The van der Waals surface area contributed by atoms with Crippen LogP contribution < -0.4 is 5.32 Å². The number of H-pyrrole nitrogens is 1. The molecule has 0 bridgehead atoms. The maximum absolute atomic E-state index is 11.9.